The molecule has 0 unspecified atom stereocenters. The van der Waals surface area contributed by atoms with E-state index in [-0.39, 0.29) is 18.6 Å². The van der Waals surface area contributed by atoms with Gasteiger partial charge in [-0.05, 0) is 43.4 Å². The van der Waals surface area contributed by atoms with E-state index in [0.29, 0.717) is 17.3 Å². The molecular formula is C20H22F2NO3P. The van der Waals surface area contributed by atoms with E-state index in [1.807, 2.05) is 31.2 Å². The van der Waals surface area contributed by atoms with Crippen LogP contribution in [0.4, 0.5) is 8.78 Å². The second-order valence-corrected chi connectivity index (χ2v) is 8.16. The molecule has 0 radical (unpaired) electrons. The van der Waals surface area contributed by atoms with Crippen molar-refractivity contribution in [1.82, 2.24) is 4.98 Å². The highest BCUT2D eigenvalue weighted by atomic mass is 31.2. The molecule has 0 spiro atoms. The lowest BCUT2D eigenvalue weighted by molar-refractivity contribution is 0.0340. The summed E-state index contributed by atoms with van der Waals surface area (Å²) in [6, 6.07) is 12.5. The van der Waals surface area contributed by atoms with E-state index in [1.165, 1.54) is 13.8 Å². The highest BCUT2D eigenvalue weighted by Crippen LogP contribution is 2.67. The number of fused-ring (bicyclic) bond motifs is 3. The average Bonchev–Trinajstić information content (AvgIpc) is 2.67. The van der Waals surface area contributed by atoms with E-state index in [4.69, 9.17) is 9.05 Å². The van der Waals surface area contributed by atoms with E-state index in [0.717, 1.165) is 10.9 Å². The first kappa shape index (κ1) is 19.9. The maximum Gasteiger partial charge on any atom is 0.406 e. The lowest BCUT2D eigenvalue weighted by Crippen LogP contribution is -2.20. The number of hydrogen-bond donors (Lipinski definition) is 0. The van der Waals surface area contributed by atoms with E-state index >= 15 is 8.78 Å². The van der Waals surface area contributed by atoms with Crippen molar-refractivity contribution in [3.8, 4) is 0 Å². The summed E-state index contributed by atoms with van der Waals surface area (Å²) in [6.45, 7) is 4.64. The SMILES string of the molecule is CCOP(=O)(OCC)C(F)(F)c1nc2ccccc2c2ccc(CC)cc12. The first-order valence-corrected chi connectivity index (χ1v) is 10.5. The van der Waals surface area contributed by atoms with Gasteiger partial charge in [-0.2, -0.15) is 8.78 Å². The number of benzene rings is 2. The van der Waals surface area contributed by atoms with E-state index < -0.39 is 19.0 Å². The fourth-order valence-electron chi connectivity index (χ4n) is 3.12. The quantitative estimate of drug-likeness (QED) is 0.351. The van der Waals surface area contributed by atoms with Crippen LogP contribution in [0.3, 0.4) is 0 Å². The zero-order valence-corrected chi connectivity index (χ0v) is 16.4. The van der Waals surface area contributed by atoms with Crippen LogP contribution in [0.2, 0.25) is 0 Å². The van der Waals surface area contributed by atoms with Gasteiger partial charge in [-0.25, -0.2) is 4.98 Å². The third kappa shape index (κ3) is 3.38. The Kier molecular flexibility index (Phi) is 5.61. The monoisotopic (exact) mass is 393 g/mol. The van der Waals surface area contributed by atoms with Crippen LogP contribution in [0, 0.1) is 0 Å². The summed E-state index contributed by atoms with van der Waals surface area (Å²) in [5, 5.41) is 1.65. The molecule has 3 rings (SSSR count). The molecule has 0 bridgehead atoms. The van der Waals surface area contributed by atoms with Crippen LogP contribution in [-0.2, 0) is 25.7 Å². The van der Waals surface area contributed by atoms with E-state index in [1.54, 1.807) is 18.2 Å². The Morgan fingerprint density at radius 3 is 2.26 bits per heavy atom. The number of alkyl halides is 2. The fraction of sp³-hybridized carbons (Fsp3) is 0.350. The van der Waals surface area contributed by atoms with Crippen LogP contribution in [-0.4, -0.2) is 18.2 Å². The minimum Gasteiger partial charge on any atom is -0.304 e. The molecule has 0 amide bonds. The number of pyridine rings is 1. The summed E-state index contributed by atoms with van der Waals surface area (Å²) in [5.41, 5.74) is -3.16. The molecule has 0 N–H and O–H groups in total. The molecule has 0 fully saturated rings. The highest BCUT2D eigenvalue weighted by Gasteiger charge is 2.57. The summed E-state index contributed by atoms with van der Waals surface area (Å²) in [7, 11) is -4.75. The van der Waals surface area contributed by atoms with Crippen LogP contribution in [0.15, 0.2) is 42.5 Å². The maximum absolute atomic E-state index is 15.5. The largest absolute Gasteiger partial charge is 0.406 e. The second kappa shape index (κ2) is 7.63. The molecule has 1 aromatic heterocycles. The van der Waals surface area contributed by atoms with Crippen LogP contribution in [0.5, 0.6) is 0 Å². The van der Waals surface area contributed by atoms with Crippen molar-refractivity contribution in [1.29, 1.82) is 0 Å². The molecular weight excluding hydrogens is 371 g/mol. The number of aromatic nitrogens is 1. The Morgan fingerprint density at radius 2 is 1.63 bits per heavy atom. The summed E-state index contributed by atoms with van der Waals surface area (Å²) >= 11 is 0. The average molecular weight is 393 g/mol. The Morgan fingerprint density at radius 1 is 0.963 bits per heavy atom. The Labute approximate surface area is 157 Å². The van der Waals surface area contributed by atoms with Crippen molar-refractivity contribution < 1.29 is 22.4 Å². The third-order valence-corrected chi connectivity index (χ3v) is 6.50. The molecule has 0 aliphatic rings. The Hall–Kier alpha value is -1.88. The minimum atomic E-state index is -4.75. The molecule has 0 atom stereocenters. The molecule has 4 nitrogen and oxygen atoms in total. The second-order valence-electron chi connectivity index (χ2n) is 6.09. The van der Waals surface area contributed by atoms with Crippen LogP contribution in [0.25, 0.3) is 21.7 Å². The molecule has 0 saturated heterocycles. The van der Waals surface area contributed by atoms with E-state index in [9.17, 15) is 4.57 Å². The first-order valence-electron chi connectivity index (χ1n) is 8.96. The summed E-state index contributed by atoms with van der Waals surface area (Å²) < 4.78 is 53.8. The van der Waals surface area contributed by atoms with Crippen molar-refractivity contribution in [3.63, 3.8) is 0 Å². The van der Waals surface area contributed by atoms with Crippen molar-refractivity contribution in [3.05, 3.63) is 53.7 Å². The van der Waals surface area contributed by atoms with Gasteiger partial charge in [0.25, 0.3) is 0 Å². The van der Waals surface area contributed by atoms with Crippen LogP contribution >= 0.6 is 7.60 Å². The molecule has 27 heavy (non-hydrogen) atoms. The summed E-state index contributed by atoms with van der Waals surface area (Å²) in [6.07, 6.45) is 0.683. The zero-order valence-electron chi connectivity index (χ0n) is 15.5. The van der Waals surface area contributed by atoms with E-state index in [2.05, 4.69) is 4.98 Å². The van der Waals surface area contributed by atoms with Gasteiger partial charge in [-0.1, -0.05) is 37.3 Å². The van der Waals surface area contributed by atoms with Crippen molar-refractivity contribution in [2.24, 2.45) is 0 Å². The van der Waals surface area contributed by atoms with Gasteiger partial charge in [0.05, 0.1) is 18.7 Å². The smallest absolute Gasteiger partial charge is 0.304 e. The number of aryl methyl sites for hydroxylation is 1. The molecule has 7 heteroatoms. The maximum atomic E-state index is 15.5. The standard InChI is InChI=1S/C20H22F2NO3P/c1-4-14-11-12-15-16-9-7-8-10-18(16)23-19(17(15)13-14)20(21,22)27(24,25-5-2)26-6-3/h7-13H,4-6H2,1-3H3. The van der Waals surface area contributed by atoms with Gasteiger partial charge >= 0.3 is 13.3 Å². The molecule has 3 aromatic rings. The van der Waals surface area contributed by atoms with Crippen LogP contribution < -0.4 is 0 Å². The lowest BCUT2D eigenvalue weighted by atomic mass is 10.0. The number of para-hydroxylation sites is 1. The lowest BCUT2D eigenvalue weighted by Gasteiger charge is -2.26. The van der Waals surface area contributed by atoms with Gasteiger partial charge in [0.1, 0.15) is 5.69 Å². The van der Waals surface area contributed by atoms with Crippen molar-refractivity contribution >= 4 is 29.3 Å². The molecule has 1 heterocycles. The number of rotatable bonds is 7. The number of halogens is 2. The number of hydrogen-bond acceptors (Lipinski definition) is 4. The predicted octanol–water partition coefficient (Wildman–Crippen LogP) is 6.27. The van der Waals surface area contributed by atoms with Gasteiger partial charge in [0.2, 0.25) is 0 Å². The van der Waals surface area contributed by atoms with Gasteiger partial charge in [-0.3, -0.25) is 4.57 Å². The highest BCUT2D eigenvalue weighted by molar-refractivity contribution is 7.54. The molecule has 0 saturated carbocycles. The zero-order chi connectivity index (χ0) is 19.7. The summed E-state index contributed by atoms with van der Waals surface area (Å²) in [5.74, 6) is 0. The Balaban J connectivity index is 2.38. The predicted molar refractivity (Wildman–Crippen MR) is 103 cm³/mol. The third-order valence-electron chi connectivity index (χ3n) is 4.40. The fourth-order valence-corrected chi connectivity index (χ4v) is 4.63. The van der Waals surface area contributed by atoms with Crippen LogP contribution in [0.1, 0.15) is 32.0 Å². The van der Waals surface area contributed by atoms with Gasteiger partial charge in [0.15, 0.2) is 0 Å². The van der Waals surface area contributed by atoms with Crippen molar-refractivity contribution in [2.45, 2.75) is 32.9 Å². The first-order chi connectivity index (χ1) is 12.9. The normalized spacial score (nSPS) is 12.8. The minimum absolute atomic E-state index is 0.154. The topological polar surface area (TPSA) is 48.4 Å². The Bertz CT molecular complexity index is 1010. The van der Waals surface area contributed by atoms with Gasteiger partial charge in [-0.15, -0.1) is 0 Å². The van der Waals surface area contributed by atoms with Gasteiger partial charge in [0, 0.05) is 10.8 Å². The molecule has 0 aliphatic carbocycles. The molecule has 2 aromatic carbocycles. The molecule has 0 aliphatic heterocycles. The number of nitrogens with zero attached hydrogens (tertiary/aromatic N) is 1. The molecule has 144 valence electrons. The van der Waals surface area contributed by atoms with Crippen molar-refractivity contribution in [2.75, 3.05) is 13.2 Å². The summed E-state index contributed by atoms with van der Waals surface area (Å²) in [4.78, 5) is 4.20. The van der Waals surface area contributed by atoms with Gasteiger partial charge < -0.3 is 9.05 Å².